The van der Waals surface area contributed by atoms with Crippen molar-refractivity contribution in [3.05, 3.63) is 47.9 Å². The summed E-state index contributed by atoms with van der Waals surface area (Å²) in [7, 11) is 0. The van der Waals surface area contributed by atoms with E-state index in [-0.39, 0.29) is 11.9 Å². The zero-order valence-electron chi connectivity index (χ0n) is 14.0. The Hall–Kier alpha value is -2.94. The fourth-order valence-electron chi connectivity index (χ4n) is 2.97. The molecule has 25 heavy (non-hydrogen) atoms. The van der Waals surface area contributed by atoms with Crippen LogP contribution in [0.5, 0.6) is 0 Å². The van der Waals surface area contributed by atoms with Crippen molar-refractivity contribution in [3.8, 4) is 6.07 Å². The third-order valence-electron chi connectivity index (χ3n) is 4.36. The van der Waals surface area contributed by atoms with Crippen molar-refractivity contribution >= 4 is 17.4 Å². The molecule has 0 bridgehead atoms. The van der Waals surface area contributed by atoms with E-state index in [2.05, 4.69) is 26.7 Å². The Bertz CT molecular complexity index is 741. The molecule has 1 aromatic carbocycles. The normalized spacial score (nSPS) is 15.0. The van der Waals surface area contributed by atoms with E-state index in [4.69, 9.17) is 5.26 Å². The maximum atomic E-state index is 12.3. The van der Waals surface area contributed by atoms with E-state index in [0.29, 0.717) is 17.1 Å². The number of amides is 1. The lowest BCUT2D eigenvalue weighted by Gasteiger charge is -2.15. The van der Waals surface area contributed by atoms with Crippen LogP contribution in [0.1, 0.15) is 54.6 Å². The topological polar surface area (TPSA) is 90.7 Å². The van der Waals surface area contributed by atoms with Crippen molar-refractivity contribution in [2.24, 2.45) is 0 Å². The third kappa shape index (κ3) is 4.77. The molecule has 0 spiro atoms. The van der Waals surface area contributed by atoms with Crippen LogP contribution in [0.15, 0.2) is 36.7 Å². The molecule has 0 atom stereocenters. The Labute approximate surface area is 147 Å². The van der Waals surface area contributed by atoms with E-state index < -0.39 is 0 Å². The number of carbonyl (C=O) groups is 1. The molecule has 6 nitrogen and oxygen atoms in total. The van der Waals surface area contributed by atoms with Gasteiger partial charge in [-0.1, -0.05) is 25.7 Å². The minimum atomic E-state index is -0.163. The van der Waals surface area contributed by atoms with Gasteiger partial charge in [0, 0.05) is 11.7 Å². The zero-order chi connectivity index (χ0) is 17.5. The number of nitrogens with one attached hydrogen (secondary N) is 2. The third-order valence-corrected chi connectivity index (χ3v) is 4.36. The molecule has 1 aliphatic carbocycles. The first-order chi connectivity index (χ1) is 12.2. The SMILES string of the molecule is N#Cc1ccc(Nc2cnc(C(=O)NC3CCCCCC3)cn2)cc1. The molecule has 1 heterocycles. The van der Waals surface area contributed by atoms with E-state index in [1.807, 2.05) is 0 Å². The molecule has 128 valence electrons. The molecule has 3 rings (SSSR count). The van der Waals surface area contributed by atoms with Gasteiger partial charge in [0.2, 0.25) is 0 Å². The maximum absolute atomic E-state index is 12.3. The molecule has 0 aliphatic heterocycles. The van der Waals surface area contributed by atoms with Crippen molar-refractivity contribution in [3.63, 3.8) is 0 Å². The predicted octanol–water partition coefficient (Wildman–Crippen LogP) is 3.54. The number of nitrogens with zero attached hydrogens (tertiary/aromatic N) is 3. The van der Waals surface area contributed by atoms with Gasteiger partial charge in [-0.15, -0.1) is 0 Å². The highest BCUT2D eigenvalue weighted by atomic mass is 16.1. The summed E-state index contributed by atoms with van der Waals surface area (Å²) in [5.41, 5.74) is 1.74. The number of carbonyl (C=O) groups excluding carboxylic acids is 1. The van der Waals surface area contributed by atoms with Crippen LogP contribution in [-0.4, -0.2) is 21.9 Å². The van der Waals surface area contributed by atoms with E-state index in [0.717, 1.165) is 18.5 Å². The largest absolute Gasteiger partial charge is 0.348 e. The number of anilines is 2. The molecular formula is C19H21N5O. The van der Waals surface area contributed by atoms with E-state index in [1.54, 1.807) is 30.5 Å². The number of hydrogen-bond acceptors (Lipinski definition) is 5. The number of aromatic nitrogens is 2. The van der Waals surface area contributed by atoms with Gasteiger partial charge in [0.1, 0.15) is 11.5 Å². The molecule has 1 fully saturated rings. The zero-order valence-corrected chi connectivity index (χ0v) is 14.0. The highest BCUT2D eigenvalue weighted by Crippen LogP contribution is 2.18. The summed E-state index contributed by atoms with van der Waals surface area (Å²) in [5.74, 6) is 0.389. The monoisotopic (exact) mass is 335 g/mol. The number of nitriles is 1. The van der Waals surface area contributed by atoms with Gasteiger partial charge in [-0.2, -0.15) is 5.26 Å². The number of benzene rings is 1. The van der Waals surface area contributed by atoms with E-state index in [1.165, 1.54) is 31.9 Å². The molecule has 2 N–H and O–H groups in total. The Morgan fingerprint density at radius 3 is 2.36 bits per heavy atom. The molecular weight excluding hydrogens is 314 g/mol. The molecule has 1 aromatic heterocycles. The van der Waals surface area contributed by atoms with Gasteiger partial charge in [0.05, 0.1) is 24.0 Å². The van der Waals surface area contributed by atoms with Gasteiger partial charge in [-0.3, -0.25) is 4.79 Å². The summed E-state index contributed by atoms with van der Waals surface area (Å²) < 4.78 is 0. The minimum Gasteiger partial charge on any atom is -0.348 e. The lowest BCUT2D eigenvalue weighted by atomic mass is 10.1. The van der Waals surface area contributed by atoms with Gasteiger partial charge in [-0.05, 0) is 37.1 Å². The van der Waals surface area contributed by atoms with Crippen LogP contribution >= 0.6 is 0 Å². The summed E-state index contributed by atoms with van der Waals surface area (Å²) >= 11 is 0. The summed E-state index contributed by atoms with van der Waals surface area (Å²) in [4.78, 5) is 20.8. The van der Waals surface area contributed by atoms with Crippen LogP contribution in [0.4, 0.5) is 11.5 Å². The van der Waals surface area contributed by atoms with Gasteiger partial charge in [0.15, 0.2) is 0 Å². The Morgan fingerprint density at radius 1 is 1.04 bits per heavy atom. The minimum absolute atomic E-state index is 0.163. The van der Waals surface area contributed by atoms with Crippen LogP contribution in [0.3, 0.4) is 0 Å². The highest BCUT2D eigenvalue weighted by molar-refractivity contribution is 5.92. The Balaban J connectivity index is 1.59. The van der Waals surface area contributed by atoms with Crippen LogP contribution in [-0.2, 0) is 0 Å². The second-order valence-electron chi connectivity index (χ2n) is 6.26. The molecule has 1 aliphatic rings. The molecule has 0 saturated heterocycles. The molecule has 6 heteroatoms. The number of rotatable bonds is 4. The molecule has 1 saturated carbocycles. The highest BCUT2D eigenvalue weighted by Gasteiger charge is 2.16. The number of hydrogen-bond donors (Lipinski definition) is 2. The average Bonchev–Trinajstić information content (AvgIpc) is 2.91. The van der Waals surface area contributed by atoms with Gasteiger partial charge >= 0.3 is 0 Å². The summed E-state index contributed by atoms with van der Waals surface area (Å²) in [5, 5.41) is 15.0. The van der Waals surface area contributed by atoms with Crippen molar-refractivity contribution < 1.29 is 4.79 Å². The van der Waals surface area contributed by atoms with E-state index in [9.17, 15) is 4.79 Å². The second kappa shape index (κ2) is 8.25. The lowest BCUT2D eigenvalue weighted by molar-refractivity contribution is 0.0928. The van der Waals surface area contributed by atoms with Crippen LogP contribution < -0.4 is 10.6 Å². The van der Waals surface area contributed by atoms with Crippen molar-refractivity contribution in [1.82, 2.24) is 15.3 Å². The van der Waals surface area contributed by atoms with Crippen molar-refractivity contribution in [2.75, 3.05) is 5.32 Å². The molecule has 2 aromatic rings. The Morgan fingerprint density at radius 2 is 1.76 bits per heavy atom. The van der Waals surface area contributed by atoms with Gasteiger partial charge in [0.25, 0.3) is 5.91 Å². The Kier molecular flexibility index (Phi) is 5.57. The molecule has 0 radical (unpaired) electrons. The van der Waals surface area contributed by atoms with Crippen LogP contribution in [0.25, 0.3) is 0 Å². The van der Waals surface area contributed by atoms with Gasteiger partial charge < -0.3 is 10.6 Å². The molecule has 0 unspecified atom stereocenters. The first-order valence-electron chi connectivity index (χ1n) is 8.65. The summed E-state index contributed by atoms with van der Waals surface area (Å²) in [6.07, 6.45) is 9.95. The smallest absolute Gasteiger partial charge is 0.271 e. The summed E-state index contributed by atoms with van der Waals surface area (Å²) in [6.45, 7) is 0. The van der Waals surface area contributed by atoms with Crippen LogP contribution in [0, 0.1) is 11.3 Å². The summed E-state index contributed by atoms with van der Waals surface area (Å²) in [6, 6.07) is 9.37. The fourth-order valence-corrected chi connectivity index (χ4v) is 2.97. The first kappa shape index (κ1) is 16.9. The lowest BCUT2D eigenvalue weighted by Crippen LogP contribution is -2.34. The fraction of sp³-hybridized carbons (Fsp3) is 0.368. The second-order valence-corrected chi connectivity index (χ2v) is 6.26. The van der Waals surface area contributed by atoms with Crippen molar-refractivity contribution in [1.29, 1.82) is 5.26 Å². The standard InChI is InChI=1S/C19H21N5O/c20-11-14-7-9-16(10-8-14)23-18-13-21-17(12-22-18)19(25)24-15-5-3-1-2-4-6-15/h7-10,12-13,15H,1-6H2,(H,22,23)(H,24,25). The maximum Gasteiger partial charge on any atom is 0.271 e. The quantitative estimate of drug-likeness (QED) is 0.834. The average molecular weight is 335 g/mol. The van der Waals surface area contributed by atoms with Crippen molar-refractivity contribution in [2.45, 2.75) is 44.6 Å². The van der Waals surface area contributed by atoms with E-state index >= 15 is 0 Å². The van der Waals surface area contributed by atoms with Gasteiger partial charge in [-0.25, -0.2) is 9.97 Å². The predicted molar refractivity (Wildman–Crippen MR) is 95.4 cm³/mol. The molecule has 1 amide bonds. The first-order valence-corrected chi connectivity index (χ1v) is 8.65. The van der Waals surface area contributed by atoms with Crippen LogP contribution in [0.2, 0.25) is 0 Å².